The Labute approximate surface area is 107 Å². The van der Waals surface area contributed by atoms with Crippen molar-refractivity contribution in [1.82, 2.24) is 0 Å². The SMILES string of the molecule is N#Cc1ccc(Sc2ccccc2Br)cc1. The summed E-state index contributed by atoms with van der Waals surface area (Å²) >= 11 is 5.19. The van der Waals surface area contributed by atoms with Crippen molar-refractivity contribution in [2.45, 2.75) is 9.79 Å². The number of hydrogen-bond donors (Lipinski definition) is 0. The Hall–Kier alpha value is -1.24. The zero-order valence-corrected chi connectivity index (χ0v) is 10.8. The molecule has 0 aliphatic carbocycles. The molecule has 0 aliphatic rings. The molecule has 0 aromatic heterocycles. The van der Waals surface area contributed by atoms with Crippen LogP contribution < -0.4 is 0 Å². The van der Waals surface area contributed by atoms with Crippen LogP contribution >= 0.6 is 27.7 Å². The summed E-state index contributed by atoms with van der Waals surface area (Å²) in [5.41, 5.74) is 0.691. The zero-order valence-electron chi connectivity index (χ0n) is 8.35. The van der Waals surface area contributed by atoms with Crippen LogP contribution in [0.1, 0.15) is 5.56 Å². The van der Waals surface area contributed by atoms with E-state index < -0.39 is 0 Å². The van der Waals surface area contributed by atoms with Crippen molar-refractivity contribution in [1.29, 1.82) is 5.26 Å². The van der Waals surface area contributed by atoms with Gasteiger partial charge in [-0.1, -0.05) is 23.9 Å². The van der Waals surface area contributed by atoms with Gasteiger partial charge in [0.2, 0.25) is 0 Å². The van der Waals surface area contributed by atoms with E-state index in [9.17, 15) is 0 Å². The lowest BCUT2D eigenvalue weighted by atomic mass is 10.2. The highest BCUT2D eigenvalue weighted by molar-refractivity contribution is 9.10. The molecule has 0 aliphatic heterocycles. The van der Waals surface area contributed by atoms with Gasteiger partial charge in [0.15, 0.2) is 0 Å². The molecular formula is C13H8BrNS. The van der Waals surface area contributed by atoms with Crippen LogP contribution in [0.5, 0.6) is 0 Å². The molecule has 0 spiro atoms. The largest absolute Gasteiger partial charge is 0.192 e. The van der Waals surface area contributed by atoms with E-state index in [1.54, 1.807) is 11.8 Å². The summed E-state index contributed by atoms with van der Waals surface area (Å²) in [4.78, 5) is 2.30. The second kappa shape index (κ2) is 5.20. The molecule has 0 saturated carbocycles. The summed E-state index contributed by atoms with van der Waals surface area (Å²) in [6.45, 7) is 0. The molecule has 78 valence electrons. The number of nitriles is 1. The first kappa shape index (κ1) is 11.3. The maximum absolute atomic E-state index is 8.70. The summed E-state index contributed by atoms with van der Waals surface area (Å²) in [6, 6.07) is 17.8. The molecule has 0 saturated heterocycles. The Morgan fingerprint density at radius 2 is 1.69 bits per heavy atom. The van der Waals surface area contributed by atoms with E-state index in [1.165, 1.54) is 4.90 Å². The van der Waals surface area contributed by atoms with Crippen molar-refractivity contribution in [2.24, 2.45) is 0 Å². The van der Waals surface area contributed by atoms with Gasteiger partial charge in [-0.25, -0.2) is 0 Å². The van der Waals surface area contributed by atoms with Crippen LogP contribution in [0.15, 0.2) is 62.8 Å². The molecule has 2 rings (SSSR count). The van der Waals surface area contributed by atoms with Gasteiger partial charge in [-0.05, 0) is 52.3 Å². The minimum absolute atomic E-state index is 0.691. The highest BCUT2D eigenvalue weighted by Crippen LogP contribution is 2.33. The van der Waals surface area contributed by atoms with Crippen molar-refractivity contribution in [2.75, 3.05) is 0 Å². The quantitative estimate of drug-likeness (QED) is 0.814. The van der Waals surface area contributed by atoms with Crippen LogP contribution in [0.2, 0.25) is 0 Å². The summed E-state index contributed by atoms with van der Waals surface area (Å²) in [7, 11) is 0. The van der Waals surface area contributed by atoms with Gasteiger partial charge in [0.05, 0.1) is 11.6 Å². The predicted molar refractivity (Wildman–Crippen MR) is 69.4 cm³/mol. The van der Waals surface area contributed by atoms with E-state index in [0.717, 1.165) is 9.37 Å². The Kier molecular flexibility index (Phi) is 3.66. The maximum atomic E-state index is 8.70. The number of rotatable bonds is 2. The monoisotopic (exact) mass is 289 g/mol. The molecule has 0 bridgehead atoms. The van der Waals surface area contributed by atoms with Gasteiger partial charge in [0.25, 0.3) is 0 Å². The minimum atomic E-state index is 0.691. The molecule has 1 nitrogen and oxygen atoms in total. The fraction of sp³-hybridized carbons (Fsp3) is 0. The molecule has 0 unspecified atom stereocenters. The van der Waals surface area contributed by atoms with Gasteiger partial charge in [-0.3, -0.25) is 0 Å². The normalized spacial score (nSPS) is 9.75. The second-order valence-corrected chi connectivity index (χ2v) is 5.14. The van der Waals surface area contributed by atoms with E-state index in [0.29, 0.717) is 5.56 Å². The Bertz CT molecular complexity index is 528. The molecule has 0 atom stereocenters. The average molecular weight is 290 g/mol. The number of hydrogen-bond acceptors (Lipinski definition) is 2. The average Bonchev–Trinajstić information content (AvgIpc) is 2.33. The lowest BCUT2D eigenvalue weighted by Gasteiger charge is -2.03. The second-order valence-electron chi connectivity index (χ2n) is 3.17. The molecule has 3 heteroatoms. The van der Waals surface area contributed by atoms with E-state index in [2.05, 4.69) is 28.1 Å². The van der Waals surface area contributed by atoms with Gasteiger partial charge in [-0.2, -0.15) is 5.26 Å². The molecule has 0 N–H and O–H groups in total. The highest BCUT2D eigenvalue weighted by atomic mass is 79.9. The topological polar surface area (TPSA) is 23.8 Å². The van der Waals surface area contributed by atoms with Crippen LogP contribution in [0, 0.1) is 11.3 Å². The predicted octanol–water partition coefficient (Wildman–Crippen LogP) is 4.47. The molecule has 0 heterocycles. The maximum Gasteiger partial charge on any atom is 0.0991 e. The first-order chi connectivity index (χ1) is 7.79. The van der Waals surface area contributed by atoms with Crippen molar-refractivity contribution in [3.8, 4) is 6.07 Å². The fourth-order valence-electron chi connectivity index (χ4n) is 1.25. The van der Waals surface area contributed by atoms with Crippen LogP contribution in [0.3, 0.4) is 0 Å². The van der Waals surface area contributed by atoms with Crippen molar-refractivity contribution < 1.29 is 0 Å². The third-order valence-electron chi connectivity index (χ3n) is 2.05. The van der Waals surface area contributed by atoms with Gasteiger partial charge in [-0.15, -0.1) is 0 Å². The standard InChI is InChI=1S/C13H8BrNS/c14-12-3-1-2-4-13(12)16-11-7-5-10(9-15)6-8-11/h1-8H. The summed E-state index contributed by atoms with van der Waals surface area (Å²) < 4.78 is 1.09. The molecule has 2 aromatic rings. The van der Waals surface area contributed by atoms with Crippen LogP contribution in [-0.2, 0) is 0 Å². The van der Waals surface area contributed by atoms with Gasteiger partial charge in [0.1, 0.15) is 0 Å². The molecule has 0 fully saturated rings. The van der Waals surface area contributed by atoms with Gasteiger partial charge < -0.3 is 0 Å². The van der Waals surface area contributed by atoms with E-state index in [1.807, 2.05) is 42.5 Å². The summed E-state index contributed by atoms with van der Waals surface area (Å²) in [6.07, 6.45) is 0. The number of halogens is 1. The first-order valence-corrected chi connectivity index (χ1v) is 6.33. The Balaban J connectivity index is 2.22. The fourth-order valence-corrected chi connectivity index (χ4v) is 2.62. The third kappa shape index (κ3) is 2.66. The Morgan fingerprint density at radius 3 is 2.31 bits per heavy atom. The lowest BCUT2D eigenvalue weighted by Crippen LogP contribution is -1.77. The van der Waals surface area contributed by atoms with Crippen LogP contribution in [-0.4, -0.2) is 0 Å². The Morgan fingerprint density at radius 1 is 1.00 bits per heavy atom. The van der Waals surface area contributed by atoms with E-state index >= 15 is 0 Å². The number of nitrogens with zero attached hydrogens (tertiary/aromatic N) is 1. The van der Waals surface area contributed by atoms with Crippen LogP contribution in [0.25, 0.3) is 0 Å². The van der Waals surface area contributed by atoms with E-state index in [-0.39, 0.29) is 0 Å². The molecular weight excluding hydrogens is 282 g/mol. The van der Waals surface area contributed by atoms with Gasteiger partial charge in [0, 0.05) is 14.3 Å². The van der Waals surface area contributed by atoms with Crippen molar-refractivity contribution >= 4 is 27.7 Å². The molecule has 2 aromatic carbocycles. The number of benzene rings is 2. The van der Waals surface area contributed by atoms with Crippen LogP contribution in [0.4, 0.5) is 0 Å². The first-order valence-electron chi connectivity index (χ1n) is 4.72. The molecule has 0 amide bonds. The van der Waals surface area contributed by atoms with Gasteiger partial charge >= 0.3 is 0 Å². The summed E-state index contributed by atoms with van der Waals surface area (Å²) in [5, 5.41) is 8.70. The highest BCUT2D eigenvalue weighted by Gasteiger charge is 2.01. The third-order valence-corrected chi connectivity index (χ3v) is 4.09. The zero-order chi connectivity index (χ0) is 11.4. The molecule has 0 radical (unpaired) electrons. The molecule has 16 heavy (non-hydrogen) atoms. The summed E-state index contributed by atoms with van der Waals surface area (Å²) in [5.74, 6) is 0. The van der Waals surface area contributed by atoms with Crippen molar-refractivity contribution in [3.63, 3.8) is 0 Å². The van der Waals surface area contributed by atoms with Crippen molar-refractivity contribution in [3.05, 3.63) is 58.6 Å². The minimum Gasteiger partial charge on any atom is -0.192 e. The lowest BCUT2D eigenvalue weighted by molar-refractivity contribution is 1.36. The smallest absolute Gasteiger partial charge is 0.0991 e. The van der Waals surface area contributed by atoms with E-state index in [4.69, 9.17) is 5.26 Å².